The fourth-order valence-electron chi connectivity index (χ4n) is 2.49. The van der Waals surface area contributed by atoms with E-state index in [0.717, 1.165) is 23.4 Å². The second-order valence-corrected chi connectivity index (χ2v) is 5.17. The van der Waals surface area contributed by atoms with Crippen molar-refractivity contribution in [1.29, 1.82) is 0 Å². The highest BCUT2D eigenvalue weighted by Crippen LogP contribution is 2.33. The first-order valence-corrected chi connectivity index (χ1v) is 6.67. The van der Waals surface area contributed by atoms with E-state index >= 15 is 0 Å². The Kier molecular flexibility index (Phi) is 3.28. The number of aryl methyl sites for hydroxylation is 1. The Morgan fingerprint density at radius 3 is 3.10 bits per heavy atom. The Bertz CT molecular complexity index is 674. The van der Waals surface area contributed by atoms with Crippen LogP contribution in [0, 0.1) is 0 Å². The summed E-state index contributed by atoms with van der Waals surface area (Å²) >= 11 is 5.97. The first-order chi connectivity index (χ1) is 9.65. The van der Waals surface area contributed by atoms with Gasteiger partial charge < -0.3 is 11.1 Å². The van der Waals surface area contributed by atoms with Gasteiger partial charge in [-0.2, -0.15) is 0 Å². The molecule has 0 radical (unpaired) electrons. The zero-order valence-corrected chi connectivity index (χ0v) is 11.4. The third kappa shape index (κ3) is 2.32. The van der Waals surface area contributed by atoms with Crippen molar-refractivity contribution in [3.63, 3.8) is 0 Å². The average molecular weight is 289 g/mol. The maximum absolute atomic E-state index is 12.2. The average Bonchev–Trinajstić information content (AvgIpc) is 2.81. The van der Waals surface area contributed by atoms with Crippen molar-refractivity contribution < 1.29 is 4.79 Å². The Balaban J connectivity index is 1.81. The molecule has 1 atom stereocenters. The molecular formula is C14H13ClN4O. The van der Waals surface area contributed by atoms with E-state index in [1.165, 1.54) is 18.1 Å². The van der Waals surface area contributed by atoms with Gasteiger partial charge in [-0.3, -0.25) is 4.79 Å². The fourth-order valence-corrected chi connectivity index (χ4v) is 2.68. The quantitative estimate of drug-likeness (QED) is 0.887. The molecule has 3 N–H and O–H groups in total. The van der Waals surface area contributed by atoms with E-state index in [4.69, 9.17) is 17.3 Å². The number of carbonyl (C=O) groups excluding carboxylic acids is 1. The molecule has 5 nitrogen and oxygen atoms in total. The number of nitrogens with two attached hydrogens (primary N) is 1. The monoisotopic (exact) mass is 288 g/mol. The lowest BCUT2D eigenvalue weighted by atomic mass is 10.1. The normalized spacial score (nSPS) is 16.8. The summed E-state index contributed by atoms with van der Waals surface area (Å²) in [7, 11) is 0. The van der Waals surface area contributed by atoms with Crippen LogP contribution in [0.3, 0.4) is 0 Å². The van der Waals surface area contributed by atoms with Gasteiger partial charge in [-0.25, -0.2) is 9.97 Å². The Hall–Kier alpha value is -2.14. The molecule has 2 aromatic rings. The topological polar surface area (TPSA) is 80.9 Å². The third-order valence-corrected chi connectivity index (χ3v) is 3.71. The van der Waals surface area contributed by atoms with Gasteiger partial charge in [0.1, 0.15) is 12.1 Å². The van der Waals surface area contributed by atoms with Crippen molar-refractivity contribution in [2.75, 3.05) is 5.73 Å². The molecule has 0 saturated carbocycles. The molecule has 1 aromatic carbocycles. The lowest BCUT2D eigenvalue weighted by molar-refractivity contribution is 0.0937. The van der Waals surface area contributed by atoms with Gasteiger partial charge in [-0.1, -0.05) is 17.7 Å². The zero-order chi connectivity index (χ0) is 14.1. The smallest absolute Gasteiger partial charge is 0.257 e. The number of halogens is 1. The van der Waals surface area contributed by atoms with Crippen LogP contribution >= 0.6 is 11.6 Å². The number of rotatable bonds is 2. The third-order valence-electron chi connectivity index (χ3n) is 3.48. The molecule has 1 heterocycles. The molecule has 0 aliphatic heterocycles. The minimum absolute atomic E-state index is 0.0191. The van der Waals surface area contributed by atoms with Crippen LogP contribution in [0.25, 0.3) is 0 Å². The molecule has 20 heavy (non-hydrogen) atoms. The number of carbonyl (C=O) groups is 1. The van der Waals surface area contributed by atoms with Crippen molar-refractivity contribution in [2.45, 2.75) is 18.9 Å². The maximum Gasteiger partial charge on any atom is 0.257 e. The molecule has 0 unspecified atom stereocenters. The largest absolute Gasteiger partial charge is 0.383 e. The van der Waals surface area contributed by atoms with Crippen molar-refractivity contribution in [2.24, 2.45) is 0 Å². The minimum atomic E-state index is -0.254. The molecule has 102 valence electrons. The maximum atomic E-state index is 12.2. The predicted octanol–water partition coefficient (Wildman–Crippen LogP) is 2.13. The van der Waals surface area contributed by atoms with E-state index < -0.39 is 0 Å². The molecule has 0 spiro atoms. The number of nitrogens with one attached hydrogen (secondary N) is 1. The standard InChI is InChI=1S/C14H13ClN4O/c15-9-2-3-10-8(5-9)1-4-12(10)19-14(20)11-6-17-7-18-13(11)16/h2-3,5-7,12H,1,4H2,(H,19,20)(H2,16,17,18)/t12-/m0/s1. The summed E-state index contributed by atoms with van der Waals surface area (Å²) in [5.74, 6) is -0.0669. The number of benzene rings is 1. The molecule has 6 heteroatoms. The molecule has 1 aliphatic carbocycles. The first-order valence-electron chi connectivity index (χ1n) is 6.30. The summed E-state index contributed by atoms with van der Waals surface area (Å²) in [4.78, 5) is 19.8. The Morgan fingerprint density at radius 2 is 2.30 bits per heavy atom. The fraction of sp³-hybridized carbons (Fsp3) is 0.214. The van der Waals surface area contributed by atoms with Crippen LogP contribution in [0.5, 0.6) is 0 Å². The number of hydrogen-bond donors (Lipinski definition) is 2. The van der Waals surface area contributed by atoms with Gasteiger partial charge in [0.15, 0.2) is 0 Å². The van der Waals surface area contributed by atoms with E-state index in [1.54, 1.807) is 0 Å². The van der Waals surface area contributed by atoms with Crippen LogP contribution in [-0.4, -0.2) is 15.9 Å². The molecule has 0 fully saturated rings. The van der Waals surface area contributed by atoms with Crippen LogP contribution in [0.4, 0.5) is 5.82 Å². The number of amides is 1. The molecule has 1 amide bonds. The second kappa shape index (κ2) is 5.09. The predicted molar refractivity (Wildman–Crippen MR) is 76.4 cm³/mol. The van der Waals surface area contributed by atoms with Gasteiger partial charge in [-0.15, -0.1) is 0 Å². The number of nitrogens with zero attached hydrogens (tertiary/aromatic N) is 2. The molecule has 0 saturated heterocycles. The number of anilines is 1. The number of nitrogen functional groups attached to an aromatic ring is 1. The highest BCUT2D eigenvalue weighted by Gasteiger charge is 2.25. The van der Waals surface area contributed by atoms with Crippen LogP contribution in [-0.2, 0) is 6.42 Å². The Morgan fingerprint density at radius 1 is 1.45 bits per heavy atom. The van der Waals surface area contributed by atoms with E-state index in [0.29, 0.717) is 5.56 Å². The summed E-state index contributed by atoms with van der Waals surface area (Å²) < 4.78 is 0. The van der Waals surface area contributed by atoms with Crippen molar-refractivity contribution in [1.82, 2.24) is 15.3 Å². The van der Waals surface area contributed by atoms with Crippen molar-refractivity contribution in [3.05, 3.63) is 52.4 Å². The van der Waals surface area contributed by atoms with Crippen LogP contribution in [0.15, 0.2) is 30.7 Å². The van der Waals surface area contributed by atoms with Gasteiger partial charge >= 0.3 is 0 Å². The molecular weight excluding hydrogens is 276 g/mol. The summed E-state index contributed by atoms with van der Waals surface area (Å²) in [5, 5.41) is 3.69. The van der Waals surface area contributed by atoms with Crippen LogP contribution < -0.4 is 11.1 Å². The molecule has 1 aromatic heterocycles. The highest BCUT2D eigenvalue weighted by atomic mass is 35.5. The lowest BCUT2D eigenvalue weighted by Crippen LogP contribution is -2.28. The van der Waals surface area contributed by atoms with Gasteiger partial charge in [0.05, 0.1) is 11.6 Å². The van der Waals surface area contributed by atoms with E-state index in [1.807, 2.05) is 18.2 Å². The summed E-state index contributed by atoms with van der Waals surface area (Å²) in [6.45, 7) is 0. The van der Waals surface area contributed by atoms with Gasteiger partial charge in [0, 0.05) is 11.2 Å². The molecule has 1 aliphatic rings. The SMILES string of the molecule is Nc1ncncc1C(=O)N[C@H]1CCc2cc(Cl)ccc21. The minimum Gasteiger partial charge on any atom is -0.383 e. The molecule has 3 rings (SSSR count). The first kappa shape index (κ1) is 12.9. The lowest BCUT2D eigenvalue weighted by Gasteiger charge is -2.14. The molecule has 0 bridgehead atoms. The van der Waals surface area contributed by atoms with E-state index in [-0.39, 0.29) is 17.8 Å². The highest BCUT2D eigenvalue weighted by molar-refractivity contribution is 6.30. The summed E-state index contributed by atoms with van der Waals surface area (Å²) in [5.41, 5.74) is 8.27. The van der Waals surface area contributed by atoms with Gasteiger partial charge in [-0.05, 0) is 36.1 Å². The van der Waals surface area contributed by atoms with Gasteiger partial charge in [0.2, 0.25) is 0 Å². The summed E-state index contributed by atoms with van der Waals surface area (Å²) in [6.07, 6.45) is 4.50. The summed E-state index contributed by atoms with van der Waals surface area (Å²) in [6, 6.07) is 5.73. The van der Waals surface area contributed by atoms with E-state index in [9.17, 15) is 4.79 Å². The number of aromatic nitrogens is 2. The Labute approximate surface area is 121 Å². The number of hydrogen-bond acceptors (Lipinski definition) is 4. The van der Waals surface area contributed by atoms with Crippen molar-refractivity contribution >= 4 is 23.3 Å². The second-order valence-electron chi connectivity index (χ2n) is 4.73. The van der Waals surface area contributed by atoms with E-state index in [2.05, 4.69) is 15.3 Å². The zero-order valence-electron chi connectivity index (χ0n) is 10.6. The van der Waals surface area contributed by atoms with Crippen LogP contribution in [0.1, 0.15) is 33.9 Å². The van der Waals surface area contributed by atoms with Crippen molar-refractivity contribution in [3.8, 4) is 0 Å². The van der Waals surface area contributed by atoms with Crippen LogP contribution in [0.2, 0.25) is 5.02 Å². The van der Waals surface area contributed by atoms with Gasteiger partial charge in [0.25, 0.3) is 5.91 Å². The number of fused-ring (bicyclic) bond motifs is 1.